The highest BCUT2D eigenvalue weighted by molar-refractivity contribution is 5.36. The van der Waals surface area contributed by atoms with Crippen LogP contribution < -0.4 is 5.32 Å². The van der Waals surface area contributed by atoms with E-state index in [1.165, 1.54) is 33.4 Å². The Labute approximate surface area is 123 Å². The molecule has 0 spiro atoms. The van der Waals surface area contributed by atoms with Crippen molar-refractivity contribution < 1.29 is 0 Å². The monoisotopic (exact) mass is 267 g/mol. The third-order valence-corrected chi connectivity index (χ3v) is 4.03. The lowest BCUT2D eigenvalue weighted by Crippen LogP contribution is -2.13. The molecule has 1 N–H and O–H groups in total. The van der Waals surface area contributed by atoms with Gasteiger partial charge in [0.15, 0.2) is 0 Å². The first-order chi connectivity index (χ1) is 9.60. The third-order valence-electron chi connectivity index (χ3n) is 4.03. The molecule has 1 heteroatoms. The SMILES string of the molecule is CCc1ccc(CNCc2cc(C)c(C)cc2C)cc1. The molecule has 0 radical (unpaired) electrons. The average molecular weight is 267 g/mol. The van der Waals surface area contributed by atoms with E-state index in [4.69, 9.17) is 0 Å². The van der Waals surface area contributed by atoms with Gasteiger partial charge in [0.25, 0.3) is 0 Å². The van der Waals surface area contributed by atoms with Crippen molar-refractivity contribution in [3.8, 4) is 0 Å². The molecule has 0 saturated carbocycles. The molecule has 2 aromatic carbocycles. The molecule has 20 heavy (non-hydrogen) atoms. The lowest BCUT2D eigenvalue weighted by molar-refractivity contribution is 0.690. The van der Waals surface area contributed by atoms with Gasteiger partial charge in [-0.3, -0.25) is 0 Å². The van der Waals surface area contributed by atoms with Crippen LogP contribution in [0.15, 0.2) is 36.4 Å². The van der Waals surface area contributed by atoms with Crippen molar-refractivity contribution in [2.24, 2.45) is 0 Å². The summed E-state index contributed by atoms with van der Waals surface area (Å²) >= 11 is 0. The van der Waals surface area contributed by atoms with Crippen LogP contribution in [0.25, 0.3) is 0 Å². The van der Waals surface area contributed by atoms with Crippen LogP contribution >= 0.6 is 0 Å². The Balaban J connectivity index is 1.94. The number of hydrogen-bond acceptors (Lipinski definition) is 1. The van der Waals surface area contributed by atoms with Gasteiger partial charge in [-0.2, -0.15) is 0 Å². The van der Waals surface area contributed by atoms with Gasteiger partial charge >= 0.3 is 0 Å². The van der Waals surface area contributed by atoms with E-state index in [2.05, 4.69) is 69.4 Å². The molecule has 0 aliphatic rings. The van der Waals surface area contributed by atoms with Gasteiger partial charge in [0.2, 0.25) is 0 Å². The van der Waals surface area contributed by atoms with Crippen LogP contribution in [-0.4, -0.2) is 0 Å². The summed E-state index contributed by atoms with van der Waals surface area (Å²) in [4.78, 5) is 0. The normalized spacial score (nSPS) is 10.8. The lowest BCUT2D eigenvalue weighted by Gasteiger charge is -2.11. The molecule has 0 saturated heterocycles. The van der Waals surface area contributed by atoms with Crippen molar-refractivity contribution >= 4 is 0 Å². The van der Waals surface area contributed by atoms with E-state index in [0.29, 0.717) is 0 Å². The molecule has 2 rings (SSSR count). The Bertz CT molecular complexity index is 567. The average Bonchev–Trinajstić information content (AvgIpc) is 2.45. The van der Waals surface area contributed by atoms with Gasteiger partial charge in [0.05, 0.1) is 0 Å². The maximum absolute atomic E-state index is 3.54. The fourth-order valence-corrected chi connectivity index (χ4v) is 2.45. The Hall–Kier alpha value is -1.60. The summed E-state index contributed by atoms with van der Waals surface area (Å²) in [5.74, 6) is 0. The second-order valence-electron chi connectivity index (χ2n) is 5.64. The van der Waals surface area contributed by atoms with Gasteiger partial charge < -0.3 is 5.32 Å². The first-order valence-electron chi connectivity index (χ1n) is 7.45. The minimum absolute atomic E-state index is 0.927. The van der Waals surface area contributed by atoms with Crippen LogP contribution in [0.1, 0.15) is 40.3 Å². The summed E-state index contributed by atoms with van der Waals surface area (Å²) < 4.78 is 0. The first kappa shape index (κ1) is 14.8. The van der Waals surface area contributed by atoms with Crippen LogP contribution in [0.5, 0.6) is 0 Å². The Morgan fingerprint density at radius 1 is 0.750 bits per heavy atom. The molecule has 0 unspecified atom stereocenters. The van der Waals surface area contributed by atoms with E-state index in [1.54, 1.807) is 0 Å². The Kier molecular flexibility index (Phi) is 4.97. The minimum Gasteiger partial charge on any atom is -0.309 e. The Morgan fingerprint density at radius 3 is 2.00 bits per heavy atom. The molecule has 0 aliphatic heterocycles. The molecular weight excluding hydrogens is 242 g/mol. The molecule has 0 amide bonds. The van der Waals surface area contributed by atoms with Crippen molar-refractivity contribution in [1.29, 1.82) is 0 Å². The molecule has 0 aliphatic carbocycles. The Morgan fingerprint density at radius 2 is 1.35 bits per heavy atom. The minimum atomic E-state index is 0.927. The number of hydrogen-bond donors (Lipinski definition) is 1. The van der Waals surface area contributed by atoms with Crippen molar-refractivity contribution in [1.82, 2.24) is 5.32 Å². The zero-order valence-corrected chi connectivity index (χ0v) is 13.1. The quantitative estimate of drug-likeness (QED) is 0.843. The van der Waals surface area contributed by atoms with E-state index in [9.17, 15) is 0 Å². The summed E-state index contributed by atoms with van der Waals surface area (Å²) in [7, 11) is 0. The van der Waals surface area contributed by atoms with Gasteiger partial charge in [0.1, 0.15) is 0 Å². The molecule has 0 bridgehead atoms. The molecular formula is C19H25N. The predicted molar refractivity (Wildman–Crippen MR) is 87.0 cm³/mol. The zero-order valence-electron chi connectivity index (χ0n) is 13.1. The predicted octanol–water partition coefficient (Wildman–Crippen LogP) is 4.46. The lowest BCUT2D eigenvalue weighted by atomic mass is 10.0. The molecule has 0 aromatic heterocycles. The summed E-state index contributed by atoms with van der Waals surface area (Å²) in [5.41, 5.74) is 8.28. The zero-order chi connectivity index (χ0) is 14.5. The highest BCUT2D eigenvalue weighted by Gasteiger charge is 2.02. The van der Waals surface area contributed by atoms with E-state index >= 15 is 0 Å². The number of rotatable bonds is 5. The van der Waals surface area contributed by atoms with Crippen LogP contribution in [0.4, 0.5) is 0 Å². The first-order valence-corrected chi connectivity index (χ1v) is 7.45. The van der Waals surface area contributed by atoms with E-state index < -0.39 is 0 Å². The molecule has 2 aromatic rings. The van der Waals surface area contributed by atoms with Gasteiger partial charge in [-0.25, -0.2) is 0 Å². The van der Waals surface area contributed by atoms with Gasteiger partial charge in [-0.05, 0) is 60.6 Å². The smallest absolute Gasteiger partial charge is 0.0211 e. The third kappa shape index (κ3) is 3.71. The fourth-order valence-electron chi connectivity index (χ4n) is 2.45. The molecule has 106 valence electrons. The van der Waals surface area contributed by atoms with Crippen LogP contribution in [0, 0.1) is 20.8 Å². The van der Waals surface area contributed by atoms with Gasteiger partial charge in [0, 0.05) is 13.1 Å². The molecule has 0 heterocycles. The number of nitrogens with one attached hydrogen (secondary N) is 1. The topological polar surface area (TPSA) is 12.0 Å². The highest BCUT2D eigenvalue weighted by atomic mass is 14.8. The van der Waals surface area contributed by atoms with Crippen molar-refractivity contribution in [3.05, 3.63) is 69.8 Å². The standard InChI is InChI=1S/C19H25N/c1-5-17-6-8-18(9-7-17)12-20-13-19-11-15(3)14(2)10-16(19)4/h6-11,20H,5,12-13H2,1-4H3. The summed E-state index contributed by atoms with van der Waals surface area (Å²) in [6, 6.07) is 13.5. The van der Waals surface area contributed by atoms with Gasteiger partial charge in [-0.15, -0.1) is 0 Å². The summed E-state index contributed by atoms with van der Waals surface area (Å²) in [6.45, 7) is 10.6. The van der Waals surface area contributed by atoms with E-state index in [-0.39, 0.29) is 0 Å². The van der Waals surface area contributed by atoms with Gasteiger partial charge in [-0.1, -0.05) is 43.3 Å². The highest BCUT2D eigenvalue weighted by Crippen LogP contribution is 2.15. The summed E-state index contributed by atoms with van der Waals surface area (Å²) in [6.07, 6.45) is 1.11. The molecule has 1 nitrogen and oxygen atoms in total. The van der Waals surface area contributed by atoms with Crippen molar-refractivity contribution in [2.75, 3.05) is 0 Å². The molecule has 0 atom stereocenters. The largest absolute Gasteiger partial charge is 0.309 e. The van der Waals surface area contributed by atoms with Crippen LogP contribution in [0.2, 0.25) is 0 Å². The maximum atomic E-state index is 3.54. The second-order valence-corrected chi connectivity index (χ2v) is 5.64. The number of aryl methyl sites for hydroxylation is 4. The maximum Gasteiger partial charge on any atom is 0.0211 e. The van der Waals surface area contributed by atoms with Crippen molar-refractivity contribution in [3.63, 3.8) is 0 Å². The van der Waals surface area contributed by atoms with E-state index in [0.717, 1.165) is 19.5 Å². The molecule has 0 fully saturated rings. The van der Waals surface area contributed by atoms with Crippen LogP contribution in [0.3, 0.4) is 0 Å². The van der Waals surface area contributed by atoms with E-state index in [1.807, 2.05) is 0 Å². The summed E-state index contributed by atoms with van der Waals surface area (Å²) in [5, 5.41) is 3.54. The second kappa shape index (κ2) is 6.71. The fraction of sp³-hybridized carbons (Fsp3) is 0.368. The van der Waals surface area contributed by atoms with Crippen LogP contribution in [-0.2, 0) is 19.5 Å². The van der Waals surface area contributed by atoms with Crippen molar-refractivity contribution in [2.45, 2.75) is 47.2 Å². The number of benzene rings is 2.